The molecule has 2 N–H and O–H groups in total. The molecule has 4 heteroatoms. The van der Waals surface area contributed by atoms with Crippen LogP contribution in [0.1, 0.15) is 17.5 Å². The lowest BCUT2D eigenvalue weighted by atomic mass is 9.62. The standard InChI is InChI=1S/C19H21NO3/c1-9-3-4-11(7-10(9)2)20-18(21)16-12-5-6-13(15-8-14(12)15)17(16)19(22)23/h3-7,12-17H,8H2,1-2H3,(H,20,21)(H,22,23)/t12-,13-,14-,15-,16+,17+/m1/s1. The molecule has 2 saturated carbocycles. The molecule has 2 bridgehead atoms. The molecule has 0 aromatic heterocycles. The first-order chi connectivity index (χ1) is 11.0. The average Bonchev–Trinajstić information content (AvgIpc) is 3.32. The second kappa shape index (κ2) is 4.95. The van der Waals surface area contributed by atoms with Crippen LogP contribution in [-0.2, 0) is 9.59 Å². The minimum absolute atomic E-state index is 0.0259. The van der Waals surface area contributed by atoms with Gasteiger partial charge in [-0.1, -0.05) is 18.2 Å². The number of hydrogen-bond donors (Lipinski definition) is 2. The minimum atomic E-state index is -0.838. The second-order valence-electron chi connectivity index (χ2n) is 7.28. The number of fused-ring (bicyclic) bond motifs is 1. The summed E-state index contributed by atoms with van der Waals surface area (Å²) in [5.41, 5.74) is 3.04. The van der Waals surface area contributed by atoms with Crippen molar-refractivity contribution in [1.29, 1.82) is 0 Å². The third-order valence-electron chi connectivity index (χ3n) is 6.01. The monoisotopic (exact) mass is 311 g/mol. The van der Waals surface area contributed by atoms with Crippen molar-refractivity contribution < 1.29 is 14.7 Å². The van der Waals surface area contributed by atoms with Gasteiger partial charge in [0.05, 0.1) is 11.8 Å². The minimum Gasteiger partial charge on any atom is -0.481 e. The fourth-order valence-corrected chi connectivity index (χ4v) is 4.61. The van der Waals surface area contributed by atoms with Crippen molar-refractivity contribution in [1.82, 2.24) is 0 Å². The maximum absolute atomic E-state index is 12.8. The fraction of sp³-hybridized carbons (Fsp3) is 0.474. The van der Waals surface area contributed by atoms with Crippen LogP contribution in [0.15, 0.2) is 30.4 Å². The van der Waals surface area contributed by atoms with Gasteiger partial charge in [-0.3, -0.25) is 9.59 Å². The lowest BCUT2D eigenvalue weighted by Crippen LogP contribution is -2.48. The van der Waals surface area contributed by atoms with E-state index in [0.717, 1.165) is 17.7 Å². The molecule has 0 spiro atoms. The topological polar surface area (TPSA) is 66.4 Å². The van der Waals surface area contributed by atoms with Crippen molar-refractivity contribution in [2.45, 2.75) is 20.3 Å². The van der Waals surface area contributed by atoms with Gasteiger partial charge < -0.3 is 10.4 Å². The SMILES string of the molecule is Cc1ccc(NC(=O)[C@H]2[C@@H]3C=C[C@H]([C@H]4C[C@H]34)[C@@H]2C(=O)O)cc1C. The summed E-state index contributed by atoms with van der Waals surface area (Å²) in [4.78, 5) is 24.6. The number of carbonyl (C=O) groups excluding carboxylic acids is 1. The molecular weight excluding hydrogens is 290 g/mol. The van der Waals surface area contributed by atoms with E-state index in [1.54, 1.807) is 0 Å². The Bertz CT molecular complexity index is 723. The largest absolute Gasteiger partial charge is 0.481 e. The highest BCUT2D eigenvalue weighted by atomic mass is 16.4. The van der Waals surface area contributed by atoms with Crippen LogP contribution in [0.3, 0.4) is 0 Å². The number of carboxylic acids is 1. The summed E-state index contributed by atoms with van der Waals surface area (Å²) in [6, 6.07) is 5.80. The number of aryl methyl sites for hydroxylation is 2. The highest BCUT2D eigenvalue weighted by Gasteiger charge is 2.62. The van der Waals surface area contributed by atoms with Gasteiger partial charge in [0, 0.05) is 5.69 Å². The van der Waals surface area contributed by atoms with Crippen molar-refractivity contribution in [3.05, 3.63) is 41.5 Å². The van der Waals surface area contributed by atoms with Crippen LogP contribution in [0.25, 0.3) is 0 Å². The Labute approximate surface area is 135 Å². The smallest absolute Gasteiger partial charge is 0.307 e. The van der Waals surface area contributed by atoms with Gasteiger partial charge in [0.25, 0.3) is 0 Å². The zero-order valence-corrected chi connectivity index (χ0v) is 13.3. The van der Waals surface area contributed by atoms with Crippen LogP contribution in [0.5, 0.6) is 0 Å². The summed E-state index contributed by atoms with van der Waals surface area (Å²) >= 11 is 0. The summed E-state index contributed by atoms with van der Waals surface area (Å²) in [5.74, 6) is -0.919. The number of anilines is 1. The number of benzene rings is 1. The van der Waals surface area contributed by atoms with E-state index in [9.17, 15) is 14.7 Å². The Morgan fingerprint density at radius 3 is 2.30 bits per heavy atom. The Hall–Kier alpha value is -2.10. The van der Waals surface area contributed by atoms with Crippen molar-refractivity contribution in [2.24, 2.45) is 35.5 Å². The van der Waals surface area contributed by atoms with Gasteiger partial charge in [0.15, 0.2) is 0 Å². The van der Waals surface area contributed by atoms with E-state index in [2.05, 4.69) is 11.4 Å². The lowest BCUT2D eigenvalue weighted by molar-refractivity contribution is -0.152. The number of amides is 1. The predicted molar refractivity (Wildman–Crippen MR) is 86.9 cm³/mol. The van der Waals surface area contributed by atoms with Crippen LogP contribution in [-0.4, -0.2) is 17.0 Å². The number of nitrogens with one attached hydrogen (secondary N) is 1. The molecule has 23 heavy (non-hydrogen) atoms. The van der Waals surface area contributed by atoms with Gasteiger partial charge in [0.1, 0.15) is 0 Å². The Balaban J connectivity index is 1.60. The molecular formula is C19H21NO3. The Kier molecular flexibility index (Phi) is 3.12. The summed E-state index contributed by atoms with van der Waals surface area (Å²) in [5, 5.41) is 12.6. The first-order valence-corrected chi connectivity index (χ1v) is 8.26. The maximum Gasteiger partial charge on any atom is 0.307 e. The fourth-order valence-electron chi connectivity index (χ4n) is 4.61. The molecule has 0 aliphatic heterocycles. The molecule has 0 unspecified atom stereocenters. The summed E-state index contributed by atoms with van der Waals surface area (Å²) < 4.78 is 0. The molecule has 0 heterocycles. The van der Waals surface area contributed by atoms with Crippen LogP contribution < -0.4 is 5.32 Å². The van der Waals surface area contributed by atoms with E-state index in [-0.39, 0.29) is 17.7 Å². The molecule has 0 saturated heterocycles. The number of aliphatic carboxylic acids is 1. The van der Waals surface area contributed by atoms with Gasteiger partial charge in [-0.15, -0.1) is 0 Å². The average molecular weight is 311 g/mol. The zero-order valence-electron chi connectivity index (χ0n) is 13.3. The molecule has 120 valence electrons. The normalized spacial score (nSPS) is 36.4. The number of allylic oxidation sites excluding steroid dienone is 2. The molecule has 1 amide bonds. The van der Waals surface area contributed by atoms with Gasteiger partial charge >= 0.3 is 5.97 Å². The molecule has 1 aromatic carbocycles. The van der Waals surface area contributed by atoms with E-state index in [0.29, 0.717) is 11.8 Å². The van der Waals surface area contributed by atoms with E-state index >= 15 is 0 Å². The predicted octanol–water partition coefficient (Wildman–Crippen LogP) is 3.01. The maximum atomic E-state index is 12.8. The van der Waals surface area contributed by atoms with E-state index < -0.39 is 17.8 Å². The molecule has 6 atom stereocenters. The van der Waals surface area contributed by atoms with E-state index in [4.69, 9.17) is 0 Å². The van der Waals surface area contributed by atoms with Crippen LogP contribution in [0, 0.1) is 49.4 Å². The molecule has 4 aliphatic rings. The molecule has 2 fully saturated rings. The number of rotatable bonds is 3. The zero-order chi connectivity index (χ0) is 16.3. The van der Waals surface area contributed by atoms with Crippen molar-refractivity contribution in [2.75, 3.05) is 5.32 Å². The van der Waals surface area contributed by atoms with Gasteiger partial charge in [-0.2, -0.15) is 0 Å². The number of hydrogen-bond acceptors (Lipinski definition) is 2. The van der Waals surface area contributed by atoms with E-state index in [1.807, 2.05) is 38.1 Å². The quantitative estimate of drug-likeness (QED) is 0.843. The number of carbonyl (C=O) groups is 2. The highest BCUT2D eigenvalue weighted by molar-refractivity contribution is 5.96. The van der Waals surface area contributed by atoms with E-state index in [1.165, 1.54) is 5.56 Å². The second-order valence-corrected chi connectivity index (χ2v) is 7.28. The molecule has 1 aromatic rings. The molecule has 0 radical (unpaired) electrons. The lowest BCUT2D eigenvalue weighted by Gasteiger charge is -2.41. The summed E-state index contributed by atoms with van der Waals surface area (Å²) in [6.45, 7) is 4.03. The van der Waals surface area contributed by atoms with Crippen molar-refractivity contribution in [3.8, 4) is 0 Å². The summed E-state index contributed by atoms with van der Waals surface area (Å²) in [7, 11) is 0. The first-order valence-electron chi connectivity index (χ1n) is 8.26. The van der Waals surface area contributed by atoms with Crippen molar-refractivity contribution in [3.63, 3.8) is 0 Å². The van der Waals surface area contributed by atoms with Crippen molar-refractivity contribution >= 4 is 17.6 Å². The van der Waals surface area contributed by atoms with Gasteiger partial charge in [-0.05, 0) is 67.2 Å². The first kappa shape index (κ1) is 14.5. The Morgan fingerprint density at radius 2 is 1.70 bits per heavy atom. The van der Waals surface area contributed by atoms with Crippen LogP contribution >= 0.6 is 0 Å². The molecule has 4 aliphatic carbocycles. The van der Waals surface area contributed by atoms with Gasteiger partial charge in [-0.25, -0.2) is 0 Å². The number of carboxylic acid groups (broad SMARTS) is 1. The van der Waals surface area contributed by atoms with Gasteiger partial charge in [0.2, 0.25) is 5.91 Å². The molecule has 5 rings (SSSR count). The molecule has 4 nitrogen and oxygen atoms in total. The highest BCUT2D eigenvalue weighted by Crippen LogP contribution is 2.63. The van der Waals surface area contributed by atoms with Crippen LogP contribution in [0.4, 0.5) is 5.69 Å². The third kappa shape index (κ3) is 2.19. The van der Waals surface area contributed by atoms with Crippen LogP contribution in [0.2, 0.25) is 0 Å². The third-order valence-corrected chi connectivity index (χ3v) is 6.01. The Morgan fingerprint density at radius 1 is 1.04 bits per heavy atom. The summed E-state index contributed by atoms with van der Waals surface area (Å²) in [6.07, 6.45) is 5.19.